The molecule has 1 aliphatic heterocycles. The predicted molar refractivity (Wildman–Crippen MR) is 128 cm³/mol. The molecule has 0 aliphatic carbocycles. The first-order chi connectivity index (χ1) is 15.5. The number of hydrogen-bond donors (Lipinski definition) is 1. The number of halogens is 1. The molecule has 0 spiro atoms. The molecule has 164 valence electrons. The van der Waals surface area contributed by atoms with Crippen molar-refractivity contribution in [1.82, 2.24) is 19.9 Å². The average Bonchev–Trinajstić information content (AvgIpc) is 2.77. The highest BCUT2D eigenvalue weighted by molar-refractivity contribution is 9.10. The first kappa shape index (κ1) is 22.0. The van der Waals surface area contributed by atoms with Crippen LogP contribution < -0.4 is 10.1 Å². The van der Waals surface area contributed by atoms with Gasteiger partial charge in [0.1, 0.15) is 5.75 Å². The fourth-order valence-corrected chi connectivity index (χ4v) is 3.82. The highest BCUT2D eigenvalue weighted by Crippen LogP contribution is 2.27. The molecule has 1 unspecified atom stereocenters. The summed E-state index contributed by atoms with van der Waals surface area (Å²) in [6, 6.07) is 9.96. The summed E-state index contributed by atoms with van der Waals surface area (Å²) < 4.78 is 6.56. The predicted octanol–water partition coefficient (Wildman–Crippen LogP) is 5.69. The van der Waals surface area contributed by atoms with Crippen molar-refractivity contribution in [1.29, 1.82) is 0 Å². The lowest BCUT2D eigenvalue weighted by atomic mass is 9.91. The highest BCUT2D eigenvalue weighted by Gasteiger charge is 2.24. The van der Waals surface area contributed by atoms with Crippen molar-refractivity contribution < 1.29 is 9.53 Å². The second-order valence-corrected chi connectivity index (χ2v) is 8.77. The molecule has 3 heterocycles. The summed E-state index contributed by atoms with van der Waals surface area (Å²) in [5, 5.41) is 2.95. The zero-order valence-electron chi connectivity index (χ0n) is 18.0. The smallest absolute Gasteiger partial charge is 0.321 e. The van der Waals surface area contributed by atoms with Crippen LogP contribution in [0.5, 0.6) is 11.8 Å². The van der Waals surface area contributed by atoms with Crippen LogP contribution in [-0.4, -0.2) is 39.0 Å². The van der Waals surface area contributed by atoms with Gasteiger partial charge in [-0.15, -0.1) is 0 Å². The number of likely N-dealkylation sites (tertiary alicyclic amines) is 1. The summed E-state index contributed by atoms with van der Waals surface area (Å²) in [7, 11) is 0. The Morgan fingerprint density at radius 3 is 2.78 bits per heavy atom. The number of carbonyl (C=O) groups is 1. The van der Waals surface area contributed by atoms with E-state index in [0.29, 0.717) is 24.8 Å². The topological polar surface area (TPSA) is 80.2 Å². The third kappa shape index (κ3) is 5.70. The van der Waals surface area contributed by atoms with Crippen LogP contribution in [-0.2, 0) is 0 Å². The first-order valence-electron chi connectivity index (χ1n) is 10.4. The van der Waals surface area contributed by atoms with Crippen molar-refractivity contribution >= 4 is 33.7 Å². The van der Waals surface area contributed by atoms with Crippen LogP contribution in [0, 0.1) is 12.8 Å². The Hall–Kier alpha value is -3.26. The quantitative estimate of drug-likeness (QED) is 0.504. The van der Waals surface area contributed by atoms with E-state index in [1.54, 1.807) is 24.8 Å². The Morgan fingerprint density at radius 1 is 1.22 bits per heavy atom. The number of hydrogen-bond acceptors (Lipinski definition) is 5. The molecule has 1 N–H and O–H groups in total. The van der Waals surface area contributed by atoms with Crippen LogP contribution in [0.1, 0.15) is 24.5 Å². The SMILES string of the molecule is Cc1cncc(NC(=O)N2CC/C(=C\c3cccc(Oc4ncc(Br)cn4)c3)C(C)C2)c1. The maximum atomic E-state index is 12.7. The first-order valence-corrected chi connectivity index (χ1v) is 11.2. The molecule has 0 saturated carbocycles. The molecule has 1 fully saturated rings. The maximum absolute atomic E-state index is 12.7. The van der Waals surface area contributed by atoms with E-state index in [0.717, 1.165) is 27.7 Å². The molecule has 0 radical (unpaired) electrons. The van der Waals surface area contributed by atoms with Crippen molar-refractivity contribution in [3.05, 3.63) is 76.3 Å². The van der Waals surface area contributed by atoms with E-state index < -0.39 is 0 Å². The number of piperidine rings is 1. The molecule has 1 aliphatic rings. The van der Waals surface area contributed by atoms with E-state index in [-0.39, 0.29) is 11.9 Å². The summed E-state index contributed by atoms with van der Waals surface area (Å²) >= 11 is 3.32. The number of carbonyl (C=O) groups excluding carboxylic acids is 1. The molecule has 2 aromatic heterocycles. The number of benzene rings is 1. The molecule has 4 rings (SSSR count). The van der Waals surface area contributed by atoms with E-state index >= 15 is 0 Å². The molecule has 8 heteroatoms. The Bertz CT molecular complexity index is 1130. The third-order valence-electron chi connectivity index (χ3n) is 5.23. The molecular formula is C24H24BrN5O2. The summed E-state index contributed by atoms with van der Waals surface area (Å²) in [5.41, 5.74) is 4.09. The fourth-order valence-electron chi connectivity index (χ4n) is 3.61. The molecule has 1 saturated heterocycles. The van der Waals surface area contributed by atoms with Crippen molar-refractivity contribution in [2.24, 2.45) is 5.92 Å². The van der Waals surface area contributed by atoms with Gasteiger partial charge in [0, 0.05) is 31.7 Å². The zero-order valence-corrected chi connectivity index (χ0v) is 19.5. The van der Waals surface area contributed by atoms with Gasteiger partial charge in [0.05, 0.1) is 16.4 Å². The maximum Gasteiger partial charge on any atom is 0.321 e. The second-order valence-electron chi connectivity index (χ2n) is 7.86. The lowest BCUT2D eigenvalue weighted by Crippen LogP contribution is -2.42. The van der Waals surface area contributed by atoms with Gasteiger partial charge in [0.2, 0.25) is 0 Å². The summed E-state index contributed by atoms with van der Waals surface area (Å²) in [6.07, 6.45) is 9.73. The van der Waals surface area contributed by atoms with Crippen LogP contribution in [0.2, 0.25) is 0 Å². The molecule has 1 atom stereocenters. The van der Waals surface area contributed by atoms with Gasteiger partial charge in [-0.2, -0.15) is 0 Å². The summed E-state index contributed by atoms with van der Waals surface area (Å²) in [5.74, 6) is 0.933. The number of aryl methyl sites for hydroxylation is 1. The summed E-state index contributed by atoms with van der Waals surface area (Å²) in [6.45, 7) is 5.44. The lowest BCUT2D eigenvalue weighted by Gasteiger charge is -2.33. The van der Waals surface area contributed by atoms with Crippen molar-refractivity contribution in [2.45, 2.75) is 20.3 Å². The number of aromatic nitrogens is 3. The number of nitrogens with one attached hydrogen (secondary N) is 1. The largest absolute Gasteiger partial charge is 0.424 e. The molecule has 7 nitrogen and oxygen atoms in total. The number of ether oxygens (including phenoxy) is 1. The Morgan fingerprint density at radius 2 is 2.03 bits per heavy atom. The fraction of sp³-hybridized carbons (Fsp3) is 0.250. The average molecular weight is 494 g/mol. The molecule has 32 heavy (non-hydrogen) atoms. The van der Waals surface area contributed by atoms with Crippen LogP contribution >= 0.6 is 15.9 Å². The lowest BCUT2D eigenvalue weighted by molar-refractivity contribution is 0.198. The van der Waals surface area contributed by atoms with Gasteiger partial charge in [0.25, 0.3) is 0 Å². The number of urea groups is 1. The molecule has 0 bridgehead atoms. The van der Waals surface area contributed by atoms with Crippen LogP contribution in [0.4, 0.5) is 10.5 Å². The van der Waals surface area contributed by atoms with Gasteiger partial charge in [-0.05, 0) is 64.5 Å². The number of rotatable bonds is 4. The molecular weight excluding hydrogens is 470 g/mol. The van der Waals surface area contributed by atoms with Crippen LogP contribution in [0.3, 0.4) is 0 Å². The van der Waals surface area contributed by atoms with E-state index in [2.05, 4.69) is 49.2 Å². The minimum atomic E-state index is -0.0896. The molecule has 1 aromatic carbocycles. The van der Waals surface area contributed by atoms with E-state index in [9.17, 15) is 4.79 Å². The van der Waals surface area contributed by atoms with E-state index in [1.807, 2.05) is 42.2 Å². The number of anilines is 1. The van der Waals surface area contributed by atoms with Crippen molar-refractivity contribution in [3.63, 3.8) is 0 Å². The standard InChI is InChI=1S/C24H24BrN5O2/c1-16-8-21(14-26-11-16)29-24(31)30-7-6-19(17(2)15-30)9-18-4-3-5-22(10-18)32-23-27-12-20(25)13-28-23/h3-5,8-14,17H,6-7,15H2,1-2H3,(H,29,31)/b19-9+. The van der Waals surface area contributed by atoms with Crippen LogP contribution in [0.15, 0.2) is 65.2 Å². The minimum absolute atomic E-state index is 0.0896. The van der Waals surface area contributed by atoms with Gasteiger partial charge in [0.15, 0.2) is 0 Å². The number of pyridine rings is 1. The van der Waals surface area contributed by atoms with Crippen molar-refractivity contribution in [3.8, 4) is 11.8 Å². The molecule has 3 aromatic rings. The van der Waals surface area contributed by atoms with Crippen molar-refractivity contribution in [2.75, 3.05) is 18.4 Å². The Balaban J connectivity index is 1.39. The van der Waals surface area contributed by atoms with Gasteiger partial charge in [-0.25, -0.2) is 14.8 Å². The number of nitrogens with zero attached hydrogens (tertiary/aromatic N) is 4. The number of amides is 2. The monoisotopic (exact) mass is 493 g/mol. The second kappa shape index (κ2) is 9.91. The highest BCUT2D eigenvalue weighted by atomic mass is 79.9. The van der Waals surface area contributed by atoms with Gasteiger partial charge in [-0.3, -0.25) is 4.98 Å². The van der Waals surface area contributed by atoms with Gasteiger partial charge in [-0.1, -0.05) is 30.7 Å². The minimum Gasteiger partial charge on any atom is -0.424 e. The van der Waals surface area contributed by atoms with E-state index in [4.69, 9.17) is 4.74 Å². The zero-order chi connectivity index (χ0) is 22.5. The Kier molecular flexibility index (Phi) is 6.80. The van der Waals surface area contributed by atoms with Crippen LogP contribution in [0.25, 0.3) is 6.08 Å². The third-order valence-corrected chi connectivity index (χ3v) is 5.64. The molecule has 2 amide bonds. The van der Waals surface area contributed by atoms with Gasteiger partial charge < -0.3 is 15.0 Å². The normalized spacial score (nSPS) is 17.3. The van der Waals surface area contributed by atoms with E-state index in [1.165, 1.54) is 5.57 Å². The summed E-state index contributed by atoms with van der Waals surface area (Å²) in [4.78, 5) is 26.9. The Labute approximate surface area is 195 Å². The van der Waals surface area contributed by atoms with Gasteiger partial charge >= 0.3 is 12.0 Å².